The van der Waals surface area contributed by atoms with Crippen molar-refractivity contribution in [3.63, 3.8) is 0 Å². The number of rotatable bonds is 5. The first-order chi connectivity index (χ1) is 11.5. The molecule has 5 heteroatoms. The number of hydrogen-bond acceptors (Lipinski definition) is 3. The number of ether oxygens (including phenoxy) is 2. The van der Waals surface area contributed by atoms with Gasteiger partial charge in [0.05, 0.1) is 18.2 Å². The third-order valence-corrected chi connectivity index (χ3v) is 4.22. The quantitative estimate of drug-likeness (QED) is 0.730. The summed E-state index contributed by atoms with van der Waals surface area (Å²) in [5.41, 5.74) is 0.816. The van der Waals surface area contributed by atoms with Crippen molar-refractivity contribution in [3.8, 4) is 11.5 Å². The first-order valence-electron chi connectivity index (χ1n) is 8.52. The van der Waals surface area contributed by atoms with Gasteiger partial charge >= 0.3 is 0 Å². The molecule has 0 atom stereocenters. The van der Waals surface area contributed by atoms with Crippen molar-refractivity contribution in [1.29, 1.82) is 0 Å². The first-order valence-corrected chi connectivity index (χ1v) is 8.90. The van der Waals surface area contributed by atoms with Gasteiger partial charge in [-0.25, -0.2) is 0 Å². The SMILES string of the molecule is COc1cc(/C=C/C(=O)N2CCCCCC2)cc(Cl)c1OC(C)C. The molecular formula is C19H26ClNO3. The van der Waals surface area contributed by atoms with Gasteiger partial charge in [-0.05, 0) is 50.5 Å². The Labute approximate surface area is 149 Å². The second-order valence-electron chi connectivity index (χ2n) is 6.27. The van der Waals surface area contributed by atoms with Crippen molar-refractivity contribution in [2.24, 2.45) is 0 Å². The van der Waals surface area contributed by atoms with Gasteiger partial charge in [0, 0.05) is 19.2 Å². The minimum absolute atomic E-state index is 0.00223. The highest BCUT2D eigenvalue weighted by Crippen LogP contribution is 2.37. The molecule has 1 fully saturated rings. The summed E-state index contributed by atoms with van der Waals surface area (Å²) < 4.78 is 11.1. The molecule has 1 amide bonds. The van der Waals surface area contributed by atoms with Gasteiger partial charge in [-0.2, -0.15) is 0 Å². The maximum atomic E-state index is 12.3. The fourth-order valence-electron chi connectivity index (χ4n) is 2.75. The molecule has 1 aromatic carbocycles. The molecule has 0 radical (unpaired) electrons. The highest BCUT2D eigenvalue weighted by molar-refractivity contribution is 6.32. The molecule has 1 heterocycles. The Bertz CT molecular complexity index is 591. The number of nitrogens with zero attached hydrogens (tertiary/aromatic N) is 1. The third-order valence-electron chi connectivity index (χ3n) is 3.94. The lowest BCUT2D eigenvalue weighted by molar-refractivity contribution is -0.125. The van der Waals surface area contributed by atoms with Crippen LogP contribution in [0.25, 0.3) is 6.08 Å². The molecule has 0 saturated carbocycles. The average molecular weight is 352 g/mol. The van der Waals surface area contributed by atoms with E-state index < -0.39 is 0 Å². The number of amides is 1. The Balaban J connectivity index is 2.13. The van der Waals surface area contributed by atoms with Gasteiger partial charge in [0.2, 0.25) is 5.91 Å². The minimum atomic E-state index is 0.00223. The average Bonchev–Trinajstić information content (AvgIpc) is 2.83. The fraction of sp³-hybridized carbons (Fsp3) is 0.526. The number of likely N-dealkylation sites (tertiary alicyclic amines) is 1. The van der Waals surface area contributed by atoms with Crippen molar-refractivity contribution in [2.45, 2.75) is 45.6 Å². The molecule has 0 unspecified atom stereocenters. The molecule has 24 heavy (non-hydrogen) atoms. The van der Waals surface area contributed by atoms with E-state index in [9.17, 15) is 4.79 Å². The van der Waals surface area contributed by atoms with Crippen LogP contribution in [-0.4, -0.2) is 37.1 Å². The van der Waals surface area contributed by atoms with Crippen LogP contribution in [-0.2, 0) is 4.79 Å². The van der Waals surface area contributed by atoms with Crippen molar-refractivity contribution in [3.05, 3.63) is 28.8 Å². The second kappa shape index (κ2) is 8.97. The van der Waals surface area contributed by atoms with Crippen LogP contribution in [0.4, 0.5) is 0 Å². The van der Waals surface area contributed by atoms with Crippen LogP contribution in [0.1, 0.15) is 45.1 Å². The van der Waals surface area contributed by atoms with E-state index in [1.54, 1.807) is 25.3 Å². The van der Waals surface area contributed by atoms with Crippen LogP contribution in [0.15, 0.2) is 18.2 Å². The molecule has 132 valence electrons. The molecule has 0 N–H and O–H groups in total. The number of carbonyl (C=O) groups is 1. The number of methoxy groups -OCH3 is 1. The molecular weight excluding hydrogens is 326 g/mol. The lowest BCUT2D eigenvalue weighted by atomic mass is 10.1. The maximum absolute atomic E-state index is 12.3. The lowest BCUT2D eigenvalue weighted by Gasteiger charge is -2.18. The predicted octanol–water partition coefficient (Wildman–Crippen LogP) is 4.55. The van der Waals surface area contributed by atoms with E-state index in [-0.39, 0.29) is 12.0 Å². The van der Waals surface area contributed by atoms with Crippen LogP contribution >= 0.6 is 11.6 Å². The lowest BCUT2D eigenvalue weighted by Crippen LogP contribution is -2.30. The van der Waals surface area contributed by atoms with Crippen LogP contribution in [0.5, 0.6) is 11.5 Å². The monoisotopic (exact) mass is 351 g/mol. The van der Waals surface area contributed by atoms with Gasteiger partial charge in [0.25, 0.3) is 0 Å². The van der Waals surface area contributed by atoms with Crippen molar-refractivity contribution in [2.75, 3.05) is 20.2 Å². The second-order valence-corrected chi connectivity index (χ2v) is 6.68. The Morgan fingerprint density at radius 1 is 1.21 bits per heavy atom. The van der Waals surface area contributed by atoms with Gasteiger partial charge in [-0.15, -0.1) is 0 Å². The Kier molecular flexibility index (Phi) is 6.98. The molecule has 1 aliphatic heterocycles. The molecule has 1 aromatic rings. The molecule has 1 aliphatic rings. The number of halogens is 1. The molecule has 4 nitrogen and oxygen atoms in total. The normalized spacial score (nSPS) is 15.6. The van der Waals surface area contributed by atoms with E-state index in [2.05, 4.69) is 0 Å². The van der Waals surface area contributed by atoms with E-state index in [4.69, 9.17) is 21.1 Å². The van der Waals surface area contributed by atoms with Crippen LogP contribution < -0.4 is 9.47 Å². The summed E-state index contributed by atoms with van der Waals surface area (Å²) in [7, 11) is 1.58. The number of carbonyl (C=O) groups excluding carboxylic acids is 1. The van der Waals surface area contributed by atoms with E-state index in [0.717, 1.165) is 31.5 Å². The molecule has 0 aromatic heterocycles. The maximum Gasteiger partial charge on any atom is 0.246 e. The zero-order valence-electron chi connectivity index (χ0n) is 14.7. The van der Waals surface area contributed by atoms with Gasteiger partial charge in [-0.3, -0.25) is 4.79 Å². The largest absolute Gasteiger partial charge is 0.493 e. The van der Waals surface area contributed by atoms with Crippen LogP contribution in [0.2, 0.25) is 5.02 Å². The van der Waals surface area contributed by atoms with Gasteiger partial charge in [0.15, 0.2) is 11.5 Å². The molecule has 1 saturated heterocycles. The Morgan fingerprint density at radius 2 is 1.88 bits per heavy atom. The first kappa shape index (κ1) is 18.7. The standard InChI is InChI=1S/C19H26ClNO3/c1-14(2)24-19-16(20)12-15(13-17(19)23-3)8-9-18(22)21-10-6-4-5-7-11-21/h8-9,12-14H,4-7,10-11H2,1-3H3/b9-8+. The summed E-state index contributed by atoms with van der Waals surface area (Å²) in [5, 5.41) is 0.477. The summed E-state index contributed by atoms with van der Waals surface area (Å²) in [5.74, 6) is 1.15. The van der Waals surface area contributed by atoms with Crippen molar-refractivity contribution < 1.29 is 14.3 Å². The molecule has 0 spiro atoms. The third kappa shape index (κ3) is 5.17. The zero-order valence-corrected chi connectivity index (χ0v) is 15.4. The molecule has 2 rings (SSSR count). The predicted molar refractivity (Wildman–Crippen MR) is 97.9 cm³/mol. The summed E-state index contributed by atoms with van der Waals surface area (Å²) in [4.78, 5) is 14.2. The highest BCUT2D eigenvalue weighted by Gasteiger charge is 2.14. The zero-order chi connectivity index (χ0) is 17.5. The summed E-state index contributed by atoms with van der Waals surface area (Å²) in [6, 6.07) is 3.61. The fourth-order valence-corrected chi connectivity index (χ4v) is 3.01. The minimum Gasteiger partial charge on any atom is -0.493 e. The summed E-state index contributed by atoms with van der Waals surface area (Å²) in [6.07, 6.45) is 7.97. The Morgan fingerprint density at radius 3 is 2.46 bits per heavy atom. The van der Waals surface area contributed by atoms with E-state index >= 15 is 0 Å². The van der Waals surface area contributed by atoms with Gasteiger partial charge in [-0.1, -0.05) is 24.4 Å². The van der Waals surface area contributed by atoms with E-state index in [0.29, 0.717) is 16.5 Å². The van der Waals surface area contributed by atoms with Gasteiger partial charge < -0.3 is 14.4 Å². The topological polar surface area (TPSA) is 38.8 Å². The summed E-state index contributed by atoms with van der Waals surface area (Å²) >= 11 is 6.31. The highest BCUT2D eigenvalue weighted by atomic mass is 35.5. The summed E-state index contributed by atoms with van der Waals surface area (Å²) in [6.45, 7) is 5.55. The van der Waals surface area contributed by atoms with Crippen molar-refractivity contribution >= 4 is 23.6 Å². The Hall–Kier alpha value is -1.68. The smallest absolute Gasteiger partial charge is 0.246 e. The number of hydrogen-bond donors (Lipinski definition) is 0. The number of benzene rings is 1. The van der Waals surface area contributed by atoms with E-state index in [1.807, 2.05) is 24.8 Å². The molecule has 0 aliphatic carbocycles. The van der Waals surface area contributed by atoms with Crippen LogP contribution in [0.3, 0.4) is 0 Å². The van der Waals surface area contributed by atoms with Gasteiger partial charge in [0.1, 0.15) is 0 Å². The molecule has 0 bridgehead atoms. The van der Waals surface area contributed by atoms with E-state index in [1.165, 1.54) is 12.8 Å². The van der Waals surface area contributed by atoms with Crippen molar-refractivity contribution in [1.82, 2.24) is 4.90 Å². The van der Waals surface area contributed by atoms with Crippen LogP contribution in [0, 0.1) is 0 Å².